The van der Waals surface area contributed by atoms with Gasteiger partial charge in [-0.1, -0.05) is 18.7 Å². The summed E-state index contributed by atoms with van der Waals surface area (Å²) in [6.45, 7) is 5.63. The monoisotopic (exact) mass is 232 g/mol. The lowest BCUT2D eigenvalue weighted by molar-refractivity contribution is -0.383. The molecule has 0 saturated carbocycles. The zero-order valence-corrected chi connectivity index (χ0v) is 9.65. The molecule has 0 fully saturated rings. The summed E-state index contributed by atoms with van der Waals surface area (Å²) in [5.74, 6) is 0.865. The molecule has 1 aromatic carbocycles. The van der Waals surface area contributed by atoms with Gasteiger partial charge in [-0.2, -0.15) is 0 Å². The van der Waals surface area contributed by atoms with Crippen molar-refractivity contribution in [1.82, 2.24) is 0 Å². The van der Waals surface area contributed by atoms with Crippen LogP contribution in [0.5, 0.6) is 5.75 Å². The summed E-state index contributed by atoms with van der Waals surface area (Å²) < 4.78 is 17.2. The molecular weight excluding hydrogens is 217 g/mol. The first-order chi connectivity index (χ1) is 8.35. The van der Waals surface area contributed by atoms with Gasteiger partial charge in [-0.3, -0.25) is 0 Å². The summed E-state index contributed by atoms with van der Waals surface area (Å²) in [6.07, 6.45) is 1.82. The molecule has 3 N–H and O–H groups in total. The van der Waals surface area contributed by atoms with Crippen LogP contribution >= 0.6 is 0 Å². The van der Waals surface area contributed by atoms with Crippen LogP contribution in [0, 0.1) is 0 Å². The minimum absolute atomic E-state index is 0.0235. The predicted octanol–water partition coefficient (Wildman–Crippen LogP) is -0.253. The zero-order chi connectivity index (χ0) is 11.8. The molecule has 0 unspecified atom stereocenters. The summed E-state index contributed by atoms with van der Waals surface area (Å²) in [7, 11) is -0.311. The molecular formula is C12H15BNO3+. The Labute approximate surface area is 100 Å². The molecule has 17 heavy (non-hydrogen) atoms. The summed E-state index contributed by atoms with van der Waals surface area (Å²) >= 11 is 0. The molecule has 0 radical (unpaired) electrons. The molecule has 0 amide bonds. The third-order valence-electron chi connectivity index (χ3n) is 3.22. The molecule has 1 aromatic rings. The molecule has 0 saturated heterocycles. The van der Waals surface area contributed by atoms with E-state index in [1.54, 1.807) is 0 Å². The molecule has 0 aromatic heterocycles. The van der Waals surface area contributed by atoms with E-state index in [9.17, 15) is 0 Å². The molecule has 3 rings (SSSR count). The Balaban J connectivity index is 2.20. The quantitative estimate of drug-likeness (QED) is 0.715. The molecule has 0 aliphatic carbocycles. The van der Waals surface area contributed by atoms with Crippen molar-refractivity contribution in [2.75, 3.05) is 19.8 Å². The Kier molecular flexibility index (Phi) is 2.66. The highest BCUT2D eigenvalue weighted by molar-refractivity contribution is 6.64. The van der Waals surface area contributed by atoms with Crippen molar-refractivity contribution in [3.8, 4) is 5.75 Å². The lowest BCUT2D eigenvalue weighted by Gasteiger charge is -2.13. The second kappa shape index (κ2) is 4.18. The molecule has 5 heteroatoms. The van der Waals surface area contributed by atoms with E-state index < -0.39 is 0 Å². The summed E-state index contributed by atoms with van der Waals surface area (Å²) in [5.41, 5.74) is 7.15. The largest absolute Gasteiger partial charge is 0.498 e. The van der Waals surface area contributed by atoms with Gasteiger partial charge in [0.05, 0.1) is 6.61 Å². The molecule has 2 aliphatic rings. The van der Waals surface area contributed by atoms with E-state index in [-0.39, 0.29) is 13.2 Å². The van der Waals surface area contributed by atoms with E-state index in [1.165, 1.54) is 0 Å². The fourth-order valence-corrected chi connectivity index (χ4v) is 2.47. The van der Waals surface area contributed by atoms with Crippen molar-refractivity contribution in [2.24, 2.45) is 0 Å². The van der Waals surface area contributed by atoms with Crippen LogP contribution in [-0.4, -0.2) is 26.9 Å². The number of rotatable bonds is 2. The van der Waals surface area contributed by atoms with Crippen LogP contribution in [-0.2, 0) is 9.31 Å². The van der Waals surface area contributed by atoms with Crippen molar-refractivity contribution < 1.29 is 19.8 Å². The van der Waals surface area contributed by atoms with Gasteiger partial charge in [0.1, 0.15) is 25.0 Å². The Morgan fingerprint density at radius 3 is 3.12 bits per heavy atom. The van der Waals surface area contributed by atoms with Gasteiger partial charge in [-0.25, -0.2) is 0 Å². The lowest BCUT2D eigenvalue weighted by atomic mass is 9.76. The fraction of sp³-hybridized carbons (Fsp3) is 0.333. The van der Waals surface area contributed by atoms with E-state index in [0.29, 0.717) is 19.8 Å². The van der Waals surface area contributed by atoms with Crippen molar-refractivity contribution in [3.63, 3.8) is 0 Å². The van der Waals surface area contributed by atoms with Gasteiger partial charge in [-0.15, -0.1) is 0 Å². The second-order valence-corrected chi connectivity index (χ2v) is 4.15. The first kappa shape index (κ1) is 10.8. The van der Waals surface area contributed by atoms with Gasteiger partial charge in [0.15, 0.2) is 0 Å². The lowest BCUT2D eigenvalue weighted by Crippen LogP contribution is -2.53. The number of hydrogen-bond donors (Lipinski definition) is 1. The van der Waals surface area contributed by atoms with Crippen LogP contribution < -0.4 is 15.9 Å². The number of hydrogen-bond acceptors (Lipinski definition) is 3. The molecule has 2 heterocycles. The Hall–Kier alpha value is -1.30. The maximum Gasteiger partial charge on any atom is 0.498 e. The van der Waals surface area contributed by atoms with E-state index >= 15 is 0 Å². The highest BCUT2D eigenvalue weighted by atomic mass is 16.6. The van der Waals surface area contributed by atoms with Crippen LogP contribution in [0.3, 0.4) is 0 Å². The van der Waals surface area contributed by atoms with Crippen molar-refractivity contribution in [2.45, 2.75) is 6.10 Å². The molecule has 88 valence electrons. The Morgan fingerprint density at radius 2 is 2.35 bits per heavy atom. The topological polar surface area (TPSA) is 55.3 Å². The van der Waals surface area contributed by atoms with E-state index in [2.05, 4.69) is 12.3 Å². The molecule has 0 spiro atoms. The van der Waals surface area contributed by atoms with Crippen molar-refractivity contribution >= 4 is 18.7 Å². The average molecular weight is 232 g/mol. The van der Waals surface area contributed by atoms with E-state index in [0.717, 1.165) is 22.3 Å². The minimum atomic E-state index is -0.311. The maximum absolute atomic E-state index is 5.87. The van der Waals surface area contributed by atoms with Gasteiger partial charge in [0.25, 0.3) is 0 Å². The fourth-order valence-electron chi connectivity index (χ4n) is 2.47. The number of ether oxygens (including phenoxy) is 1. The summed E-state index contributed by atoms with van der Waals surface area (Å²) in [6, 6.07) is 3.98. The third-order valence-corrected chi connectivity index (χ3v) is 3.22. The highest BCUT2D eigenvalue weighted by Crippen LogP contribution is 2.32. The van der Waals surface area contributed by atoms with Crippen LogP contribution in [0.2, 0.25) is 0 Å². The van der Waals surface area contributed by atoms with Crippen LogP contribution in [0.1, 0.15) is 17.2 Å². The van der Waals surface area contributed by atoms with Crippen LogP contribution in [0.25, 0.3) is 6.08 Å². The predicted molar refractivity (Wildman–Crippen MR) is 64.9 cm³/mol. The summed E-state index contributed by atoms with van der Waals surface area (Å²) in [4.78, 5) is 0. The van der Waals surface area contributed by atoms with Crippen LogP contribution in [0.4, 0.5) is 0 Å². The first-order valence-corrected chi connectivity index (χ1v) is 5.83. The Morgan fingerprint density at radius 1 is 1.47 bits per heavy atom. The molecule has 2 aliphatic heterocycles. The van der Waals surface area contributed by atoms with Gasteiger partial charge in [0.2, 0.25) is 0 Å². The SMILES string of the molecule is C=Cc1ccc2c3c1[C@@H](C[NH3+])OB3OCCO2. The van der Waals surface area contributed by atoms with E-state index in [1.807, 2.05) is 18.2 Å². The zero-order valence-electron chi connectivity index (χ0n) is 9.65. The van der Waals surface area contributed by atoms with Gasteiger partial charge < -0.3 is 19.8 Å². The molecule has 4 nitrogen and oxygen atoms in total. The van der Waals surface area contributed by atoms with E-state index in [4.69, 9.17) is 14.0 Å². The van der Waals surface area contributed by atoms with Gasteiger partial charge in [0, 0.05) is 5.46 Å². The van der Waals surface area contributed by atoms with Crippen molar-refractivity contribution in [3.05, 3.63) is 29.8 Å². The minimum Gasteiger partial charge on any atom is -0.492 e. The number of quaternary nitrogens is 1. The van der Waals surface area contributed by atoms with Crippen molar-refractivity contribution in [1.29, 1.82) is 0 Å². The second-order valence-electron chi connectivity index (χ2n) is 4.15. The van der Waals surface area contributed by atoms with Gasteiger partial charge in [-0.05, 0) is 17.2 Å². The average Bonchev–Trinajstić information content (AvgIpc) is 2.61. The maximum atomic E-state index is 5.87. The standard InChI is InChI=1S/C12H14BNO3/c1-2-8-3-4-9-12-11(8)10(7-14)17-13(12)16-6-5-15-9/h2-4,10H,1,5-7,14H2/p+1/t10-/m1/s1. The van der Waals surface area contributed by atoms with Gasteiger partial charge >= 0.3 is 7.12 Å². The highest BCUT2D eigenvalue weighted by Gasteiger charge is 2.42. The Bertz CT molecular complexity index is 463. The smallest absolute Gasteiger partial charge is 0.492 e. The number of benzene rings is 1. The third kappa shape index (κ3) is 1.58. The molecule has 1 atom stereocenters. The summed E-state index contributed by atoms with van der Waals surface area (Å²) in [5, 5.41) is 0. The van der Waals surface area contributed by atoms with Crippen LogP contribution in [0.15, 0.2) is 18.7 Å². The first-order valence-electron chi connectivity index (χ1n) is 5.83. The molecule has 0 bridgehead atoms. The normalized spacial score (nSPS) is 21.7.